The lowest BCUT2D eigenvalue weighted by Crippen LogP contribution is -2.72. The van der Waals surface area contributed by atoms with Crippen LogP contribution in [0.3, 0.4) is 0 Å². The normalized spacial score (nSPS) is 16.4. The Labute approximate surface area is 202 Å². The zero-order valence-corrected chi connectivity index (χ0v) is 18.9. The smallest absolute Gasteiger partial charge is 0.314 e. The molecule has 0 saturated carbocycles. The molecule has 2 saturated heterocycles. The Morgan fingerprint density at radius 2 is 1.81 bits per heavy atom. The molecule has 2 fully saturated rings. The van der Waals surface area contributed by atoms with E-state index in [9.17, 15) is 18.4 Å². The average molecular weight is 495 g/mol. The van der Waals surface area contributed by atoms with E-state index in [1.807, 2.05) is 11.0 Å². The van der Waals surface area contributed by atoms with Gasteiger partial charge in [-0.2, -0.15) is 8.78 Å². The Morgan fingerprint density at radius 1 is 1.06 bits per heavy atom. The fourth-order valence-electron chi connectivity index (χ4n) is 4.86. The maximum atomic E-state index is 15.2. The van der Waals surface area contributed by atoms with Gasteiger partial charge in [0.05, 0.1) is 6.54 Å². The van der Waals surface area contributed by atoms with Crippen molar-refractivity contribution < 1.29 is 17.6 Å². The number of nitrogens with one attached hydrogen (secondary N) is 1. The first-order valence-electron chi connectivity index (χ1n) is 11.4. The van der Waals surface area contributed by atoms with Crippen LogP contribution in [0.15, 0.2) is 62.5 Å². The highest BCUT2D eigenvalue weighted by Crippen LogP contribution is 2.41. The van der Waals surface area contributed by atoms with Crippen LogP contribution < -0.4 is 26.0 Å². The molecule has 0 atom stereocenters. The van der Waals surface area contributed by atoms with Crippen molar-refractivity contribution in [3.63, 3.8) is 0 Å². The topological polar surface area (TPSA) is 91.6 Å². The predicted molar refractivity (Wildman–Crippen MR) is 126 cm³/mol. The Bertz CT molecular complexity index is 1500. The third-order valence-corrected chi connectivity index (χ3v) is 6.82. The van der Waals surface area contributed by atoms with E-state index in [1.54, 1.807) is 29.2 Å². The summed E-state index contributed by atoms with van der Waals surface area (Å²) in [5, 5.41) is 10.1. The lowest BCUT2D eigenvalue weighted by atomic mass is 9.74. The number of hydrogen-bond acceptors (Lipinski definition) is 8. The summed E-state index contributed by atoms with van der Waals surface area (Å²) in [6.07, 6.45) is -2.93. The van der Waals surface area contributed by atoms with Gasteiger partial charge in [-0.1, -0.05) is 24.3 Å². The van der Waals surface area contributed by atoms with Gasteiger partial charge < -0.3 is 19.5 Å². The lowest BCUT2D eigenvalue weighted by molar-refractivity contribution is 0.116. The summed E-state index contributed by atoms with van der Waals surface area (Å²) in [5.41, 5.74) is 0.636. The van der Waals surface area contributed by atoms with E-state index in [-0.39, 0.29) is 34.7 Å². The maximum absolute atomic E-state index is 15.2. The molecule has 3 aromatic carbocycles. The van der Waals surface area contributed by atoms with Crippen molar-refractivity contribution >= 4 is 17.1 Å². The number of para-hydroxylation sites is 1. The van der Waals surface area contributed by atoms with Crippen molar-refractivity contribution in [1.29, 1.82) is 0 Å². The second-order valence-corrected chi connectivity index (χ2v) is 9.29. The summed E-state index contributed by atoms with van der Waals surface area (Å²) in [7, 11) is 0. The number of rotatable bonds is 7. The van der Waals surface area contributed by atoms with E-state index in [1.165, 1.54) is 12.1 Å². The van der Waals surface area contributed by atoms with E-state index in [0.717, 1.165) is 19.2 Å². The van der Waals surface area contributed by atoms with Gasteiger partial charge in [0, 0.05) is 48.4 Å². The van der Waals surface area contributed by atoms with Gasteiger partial charge in [0.1, 0.15) is 17.2 Å². The van der Waals surface area contributed by atoms with Crippen molar-refractivity contribution in [2.45, 2.75) is 13.0 Å². The van der Waals surface area contributed by atoms with Crippen LogP contribution in [-0.2, 0) is 6.54 Å². The van der Waals surface area contributed by atoms with Gasteiger partial charge in [0.25, 0.3) is 16.7 Å². The lowest BCUT2D eigenvalue weighted by Gasteiger charge is -2.57. The molecule has 4 aromatic rings. The molecule has 1 N–H and O–H groups in total. The third kappa shape index (κ3) is 3.58. The fraction of sp³-hybridized carbons (Fsp3) is 0.280. The van der Waals surface area contributed by atoms with Crippen molar-refractivity contribution in [2.24, 2.45) is 5.41 Å². The van der Waals surface area contributed by atoms with Gasteiger partial charge in [-0.3, -0.25) is 9.59 Å². The van der Waals surface area contributed by atoms with Crippen LogP contribution >= 0.6 is 0 Å². The van der Waals surface area contributed by atoms with Crippen molar-refractivity contribution in [3.8, 4) is 11.5 Å². The first kappa shape index (κ1) is 22.5. The molecule has 184 valence electrons. The highest BCUT2D eigenvalue weighted by Gasteiger charge is 2.50. The Kier molecular flexibility index (Phi) is 5.18. The first-order chi connectivity index (χ1) is 17.3. The largest absolute Gasteiger partial charge is 0.415 e. The minimum Gasteiger partial charge on any atom is -0.415 e. The Morgan fingerprint density at radius 3 is 2.42 bits per heavy atom. The molecule has 0 unspecified atom stereocenters. The summed E-state index contributed by atoms with van der Waals surface area (Å²) in [6.45, 7) is 3.11. The SMILES string of the molecule is O=c1c(N2CC3(CNC3)C2)c(N(Cc2ccc(-c3nnc(C(F)F)o3)cc2F)c2ccccc2)c1=O. The average Bonchev–Trinajstić information content (AvgIpc) is 3.33. The van der Waals surface area contributed by atoms with Crippen LogP contribution in [0, 0.1) is 11.2 Å². The number of halogens is 3. The highest BCUT2D eigenvalue weighted by molar-refractivity contribution is 5.82. The number of nitrogens with zero attached hydrogens (tertiary/aromatic N) is 4. The molecule has 1 aromatic heterocycles. The van der Waals surface area contributed by atoms with Gasteiger partial charge in [-0.05, 0) is 24.3 Å². The van der Waals surface area contributed by atoms with Gasteiger partial charge in [0.2, 0.25) is 5.89 Å². The van der Waals surface area contributed by atoms with E-state index in [2.05, 4.69) is 15.5 Å². The second kappa shape index (κ2) is 8.30. The molecule has 3 heterocycles. The van der Waals surface area contributed by atoms with Crippen LogP contribution in [0.1, 0.15) is 17.9 Å². The third-order valence-electron chi connectivity index (χ3n) is 6.82. The van der Waals surface area contributed by atoms with Crippen LogP contribution in [0.4, 0.5) is 30.2 Å². The van der Waals surface area contributed by atoms with Gasteiger partial charge in [-0.25, -0.2) is 4.39 Å². The first-order valence-corrected chi connectivity index (χ1v) is 11.4. The molecule has 1 spiro atoms. The fourth-order valence-corrected chi connectivity index (χ4v) is 4.86. The quantitative estimate of drug-likeness (QED) is 0.391. The summed E-state index contributed by atoms with van der Waals surface area (Å²) in [5.74, 6) is -1.71. The predicted octanol–water partition coefficient (Wildman–Crippen LogP) is 3.16. The van der Waals surface area contributed by atoms with E-state index in [0.29, 0.717) is 24.5 Å². The summed E-state index contributed by atoms with van der Waals surface area (Å²) in [6, 6.07) is 13.0. The van der Waals surface area contributed by atoms with Gasteiger partial charge >= 0.3 is 6.43 Å². The molecule has 11 heteroatoms. The monoisotopic (exact) mass is 495 g/mol. The minimum atomic E-state index is -2.93. The van der Waals surface area contributed by atoms with Crippen molar-refractivity contribution in [1.82, 2.24) is 15.5 Å². The number of benzene rings is 2. The van der Waals surface area contributed by atoms with Crippen molar-refractivity contribution in [3.05, 3.63) is 86.2 Å². The van der Waals surface area contributed by atoms with E-state index >= 15 is 4.39 Å². The van der Waals surface area contributed by atoms with Crippen LogP contribution in [0.2, 0.25) is 0 Å². The zero-order valence-electron chi connectivity index (χ0n) is 18.9. The van der Waals surface area contributed by atoms with Crippen LogP contribution in [-0.4, -0.2) is 36.4 Å². The van der Waals surface area contributed by atoms with Gasteiger partial charge in [0.15, 0.2) is 0 Å². The summed E-state index contributed by atoms with van der Waals surface area (Å²) >= 11 is 0. The number of aromatic nitrogens is 2. The summed E-state index contributed by atoms with van der Waals surface area (Å²) < 4.78 is 45.6. The van der Waals surface area contributed by atoms with Gasteiger partial charge in [-0.15, -0.1) is 10.2 Å². The standard InChI is InChI=1S/C25H20F3N5O3/c26-17-8-14(23-30-31-24(36-23)22(27)28)6-7-15(17)9-33(16-4-2-1-3-5-16)19-18(20(34)21(19)35)32-12-25(13-32)10-29-11-25/h1-8,22,29H,9-13H2. The molecule has 0 aliphatic carbocycles. The zero-order chi connectivity index (χ0) is 25.0. The second-order valence-electron chi connectivity index (χ2n) is 9.29. The molecule has 8 nitrogen and oxygen atoms in total. The molecule has 36 heavy (non-hydrogen) atoms. The molecule has 0 amide bonds. The molecule has 0 radical (unpaired) electrons. The minimum absolute atomic E-state index is 0.0271. The molecule has 0 bridgehead atoms. The van der Waals surface area contributed by atoms with E-state index in [4.69, 9.17) is 4.42 Å². The van der Waals surface area contributed by atoms with E-state index < -0.39 is 29.0 Å². The highest BCUT2D eigenvalue weighted by atomic mass is 19.3. The maximum Gasteiger partial charge on any atom is 0.314 e. The number of hydrogen-bond donors (Lipinski definition) is 1. The van der Waals surface area contributed by atoms with Crippen LogP contribution in [0.25, 0.3) is 11.5 Å². The van der Waals surface area contributed by atoms with Crippen LogP contribution in [0.5, 0.6) is 0 Å². The Balaban J connectivity index is 1.33. The Hall–Kier alpha value is -3.99. The molecule has 2 aliphatic heterocycles. The number of alkyl halides is 2. The molecule has 6 rings (SSSR count). The molecular formula is C25H20F3N5O3. The molecular weight excluding hydrogens is 475 g/mol. The summed E-state index contributed by atoms with van der Waals surface area (Å²) in [4.78, 5) is 28.9. The number of anilines is 3. The molecule has 2 aliphatic rings. The van der Waals surface area contributed by atoms with Crippen molar-refractivity contribution in [2.75, 3.05) is 36.0 Å².